The van der Waals surface area contributed by atoms with Crippen LogP contribution in [0.3, 0.4) is 0 Å². The lowest BCUT2D eigenvalue weighted by molar-refractivity contribution is -0.142. The number of carboxylic acids is 1. The largest absolute Gasteiger partial charge is 0.480 e. The van der Waals surface area contributed by atoms with Gasteiger partial charge in [-0.25, -0.2) is 9.48 Å². The van der Waals surface area contributed by atoms with Crippen LogP contribution < -0.4 is 21.3 Å². The topological polar surface area (TPSA) is 200 Å². The Balaban J connectivity index is 1.47. The third kappa shape index (κ3) is 8.60. The third-order valence-electron chi connectivity index (χ3n) is 8.71. The Kier molecular flexibility index (Phi) is 11.5. The highest BCUT2D eigenvalue weighted by atomic mass is 16.5. The zero-order valence-electron chi connectivity index (χ0n) is 26.9. The summed E-state index contributed by atoms with van der Waals surface area (Å²) in [6.07, 6.45) is 1.47. The van der Waals surface area contributed by atoms with E-state index in [-0.39, 0.29) is 32.0 Å². The van der Waals surface area contributed by atoms with Crippen LogP contribution in [0.4, 0.5) is 0 Å². The predicted octanol–water partition coefficient (Wildman–Crippen LogP) is -0.488. The fraction of sp³-hybridized carbons (Fsp3) is 0.455. The molecule has 6 rings (SSSR count). The first-order valence-electron chi connectivity index (χ1n) is 16.0. The van der Waals surface area contributed by atoms with Crippen LogP contribution >= 0.6 is 0 Å². The average molecular weight is 663 g/mol. The van der Waals surface area contributed by atoms with E-state index in [0.717, 1.165) is 5.56 Å². The summed E-state index contributed by atoms with van der Waals surface area (Å²) in [5.74, 6) is -2.73. The van der Waals surface area contributed by atoms with Gasteiger partial charge < -0.3 is 36.2 Å². The number of rotatable bonds is 6. The maximum atomic E-state index is 13.8. The first-order valence-corrected chi connectivity index (χ1v) is 16.0. The van der Waals surface area contributed by atoms with Crippen LogP contribution in [-0.2, 0) is 43.4 Å². The van der Waals surface area contributed by atoms with Gasteiger partial charge in [-0.2, -0.15) is 0 Å². The quantitative estimate of drug-likeness (QED) is 0.199. The van der Waals surface area contributed by atoms with E-state index < -0.39 is 54.2 Å². The molecule has 6 N–H and O–H groups in total. The number of hydrogen-bond acceptors (Lipinski definition) is 10. The molecule has 48 heavy (non-hydrogen) atoms. The van der Waals surface area contributed by atoms with Crippen molar-refractivity contribution in [2.24, 2.45) is 0 Å². The fourth-order valence-electron chi connectivity index (χ4n) is 5.86. The number of nitrogens with one attached hydrogen (secondary N) is 4. The van der Waals surface area contributed by atoms with Crippen LogP contribution in [0.5, 0.6) is 0 Å². The highest BCUT2D eigenvalue weighted by molar-refractivity contribution is 5.92. The van der Waals surface area contributed by atoms with E-state index in [2.05, 4.69) is 31.6 Å². The molecule has 0 spiro atoms. The molecule has 3 aromatic rings. The molecule has 6 atom stereocenters. The smallest absolute Gasteiger partial charge is 0.326 e. The summed E-state index contributed by atoms with van der Waals surface area (Å²) in [6, 6.07) is 11.4. The molecule has 256 valence electrons. The highest BCUT2D eigenvalue weighted by Crippen LogP contribution is 2.22. The lowest BCUT2D eigenvalue weighted by Crippen LogP contribution is -2.61. The summed E-state index contributed by atoms with van der Waals surface area (Å²) in [7, 11) is 1.64. The maximum Gasteiger partial charge on any atom is 0.326 e. The van der Waals surface area contributed by atoms with Crippen molar-refractivity contribution < 1.29 is 34.1 Å². The molecular formula is C33H42N8O7. The molecule has 15 nitrogen and oxygen atoms in total. The van der Waals surface area contributed by atoms with Crippen LogP contribution in [0.25, 0.3) is 5.69 Å². The predicted molar refractivity (Wildman–Crippen MR) is 173 cm³/mol. The molecule has 0 aliphatic carbocycles. The number of aromatic nitrogens is 3. The van der Waals surface area contributed by atoms with Crippen LogP contribution in [0.1, 0.15) is 36.6 Å². The van der Waals surface area contributed by atoms with Gasteiger partial charge in [-0.15, -0.1) is 5.10 Å². The number of hydrogen-bond donors (Lipinski definition) is 6. The normalized spacial score (nSPS) is 24.9. The van der Waals surface area contributed by atoms with Crippen molar-refractivity contribution in [3.8, 4) is 5.69 Å². The Morgan fingerprint density at radius 2 is 1.83 bits per heavy atom. The van der Waals surface area contributed by atoms with E-state index in [4.69, 9.17) is 4.74 Å². The van der Waals surface area contributed by atoms with Crippen molar-refractivity contribution in [1.82, 2.24) is 41.2 Å². The Morgan fingerprint density at radius 3 is 2.54 bits per heavy atom. The minimum Gasteiger partial charge on any atom is -0.480 e. The number of benzene rings is 2. The van der Waals surface area contributed by atoms with E-state index in [9.17, 15) is 29.4 Å². The molecule has 1 aromatic heterocycles. The fourth-order valence-corrected chi connectivity index (χ4v) is 5.86. The number of carboxylic acid groups (broad SMARTS) is 1. The molecule has 0 saturated carbocycles. The first-order chi connectivity index (χ1) is 23.1. The van der Waals surface area contributed by atoms with Crippen molar-refractivity contribution in [2.45, 2.75) is 75.7 Å². The second kappa shape index (κ2) is 15.9. The van der Waals surface area contributed by atoms with Crippen LogP contribution in [0, 0.1) is 0 Å². The van der Waals surface area contributed by atoms with E-state index >= 15 is 0 Å². The van der Waals surface area contributed by atoms with Crippen molar-refractivity contribution in [3.05, 3.63) is 77.6 Å². The van der Waals surface area contributed by atoms with Gasteiger partial charge in [0, 0.05) is 19.4 Å². The van der Waals surface area contributed by atoms with Gasteiger partial charge in [-0.1, -0.05) is 47.7 Å². The number of carbonyl (C=O) groups excluding carboxylic acids is 3. The number of ether oxygens (including phenoxy) is 1. The van der Waals surface area contributed by atoms with Gasteiger partial charge in [0.2, 0.25) is 17.7 Å². The van der Waals surface area contributed by atoms with E-state index in [1.165, 1.54) is 0 Å². The third-order valence-corrected chi connectivity index (χ3v) is 8.71. The zero-order chi connectivity index (χ0) is 34.2. The molecule has 1 saturated heterocycles. The molecule has 2 aromatic carbocycles. The molecule has 1 fully saturated rings. The number of aliphatic hydroxyl groups excluding tert-OH is 1. The SMILES string of the molecule is CN[C@@H](C)C(=O)N[C@H]1COCc2cn(nn2)-c2ccc(cc2)C[C@@H](C(=O)O)NC(=O)[C@H](Cc2ccccc2)NC(=O)[C@@H]2CCCN2C1O. The molecule has 3 aliphatic rings. The van der Waals surface area contributed by atoms with Gasteiger partial charge in [-0.05, 0) is 50.1 Å². The molecule has 3 aliphatic heterocycles. The van der Waals surface area contributed by atoms with Gasteiger partial charge in [0.1, 0.15) is 24.0 Å². The number of aliphatic carboxylic acids is 1. The Labute approximate surface area is 278 Å². The molecular weight excluding hydrogens is 620 g/mol. The van der Waals surface area contributed by atoms with Gasteiger partial charge in [0.25, 0.3) is 0 Å². The first kappa shape index (κ1) is 34.6. The number of likely N-dealkylation sites (N-methyl/N-ethyl adjacent to an activating group) is 1. The monoisotopic (exact) mass is 662 g/mol. The zero-order valence-corrected chi connectivity index (χ0v) is 26.9. The van der Waals surface area contributed by atoms with E-state index in [0.29, 0.717) is 36.3 Å². The molecule has 0 radical (unpaired) electrons. The van der Waals surface area contributed by atoms with Gasteiger partial charge in [0.15, 0.2) is 0 Å². The summed E-state index contributed by atoms with van der Waals surface area (Å²) in [5.41, 5.74) is 2.61. The molecule has 1 unspecified atom stereocenters. The number of carbonyl (C=O) groups is 4. The average Bonchev–Trinajstić information content (AvgIpc) is 3.77. The number of amides is 3. The summed E-state index contributed by atoms with van der Waals surface area (Å²) in [5, 5.41) is 41.1. The second-order valence-corrected chi connectivity index (χ2v) is 12.1. The summed E-state index contributed by atoms with van der Waals surface area (Å²) < 4.78 is 7.46. The Bertz CT molecular complexity index is 1570. The molecule has 15 heteroatoms. The van der Waals surface area contributed by atoms with Crippen molar-refractivity contribution in [3.63, 3.8) is 0 Å². The second-order valence-electron chi connectivity index (χ2n) is 12.1. The summed E-state index contributed by atoms with van der Waals surface area (Å²) in [4.78, 5) is 54.3. The molecule has 4 bridgehead atoms. The minimum atomic E-state index is -1.31. The number of nitrogens with zero attached hydrogens (tertiary/aromatic N) is 4. The number of aliphatic hydroxyl groups is 1. The molecule has 4 heterocycles. The Morgan fingerprint density at radius 1 is 1.08 bits per heavy atom. The van der Waals surface area contributed by atoms with Gasteiger partial charge in [0.05, 0.1) is 43.2 Å². The maximum absolute atomic E-state index is 13.8. The van der Waals surface area contributed by atoms with Crippen molar-refractivity contribution in [2.75, 3.05) is 20.2 Å². The number of fused-ring (bicyclic) bond motifs is 12. The minimum absolute atomic E-state index is 0.00563. The van der Waals surface area contributed by atoms with Crippen molar-refractivity contribution >= 4 is 23.7 Å². The summed E-state index contributed by atoms with van der Waals surface area (Å²) >= 11 is 0. The Hall–Kier alpha value is -4.70. The lowest BCUT2D eigenvalue weighted by atomic mass is 10.0. The standard InChI is InChI=1S/C33H42N8O7/c1-20(34-2)29(42)37-27-19-48-18-23-17-41(39-38-23)24-12-10-22(11-13-24)16-26(33(46)47)36-30(43)25(15-21-7-4-3-5-8-21)35-31(44)28-9-6-14-40(28)32(27)45/h3-5,7-8,10-13,17,20,25-28,32,34,45H,6,9,14-16,18-19H2,1-2H3,(H,35,44)(H,36,43)(H,37,42)(H,46,47)/t20-,25-,26-,27-,28-,32?/m0/s1. The van der Waals surface area contributed by atoms with E-state index in [1.54, 1.807) is 54.0 Å². The summed E-state index contributed by atoms with van der Waals surface area (Å²) in [6.45, 7) is 1.99. The molecule has 3 amide bonds. The van der Waals surface area contributed by atoms with Crippen LogP contribution in [0.15, 0.2) is 60.8 Å². The van der Waals surface area contributed by atoms with Crippen LogP contribution in [-0.4, -0.2) is 110 Å². The van der Waals surface area contributed by atoms with Crippen molar-refractivity contribution in [1.29, 1.82) is 0 Å². The van der Waals surface area contributed by atoms with Crippen LogP contribution in [0.2, 0.25) is 0 Å². The lowest BCUT2D eigenvalue weighted by Gasteiger charge is -2.35. The van der Waals surface area contributed by atoms with E-state index in [1.807, 2.05) is 30.3 Å². The highest BCUT2D eigenvalue weighted by Gasteiger charge is 2.40. The van der Waals surface area contributed by atoms with Gasteiger partial charge in [-0.3, -0.25) is 19.3 Å². The van der Waals surface area contributed by atoms with Gasteiger partial charge >= 0.3 is 5.97 Å².